The smallest absolute Gasteiger partial charge is 0.220 e. The Labute approximate surface area is 184 Å². The standard InChI is InChI=1S/C25H33NO5/c1-6-29-21-12-8-17(14-23(21)30-7-2)9-13-24(27)26-20-16-25(3,4)31-22-15-18(28-5)10-11-19(20)22/h8,10-12,14-15,20H,6-7,9,13,16H2,1-5H3,(H,26,27). The fraction of sp³-hybridized carbons (Fsp3) is 0.480. The Morgan fingerprint density at radius 2 is 1.84 bits per heavy atom. The minimum Gasteiger partial charge on any atom is -0.497 e. The fourth-order valence-corrected chi connectivity index (χ4v) is 3.86. The van der Waals surface area contributed by atoms with Crippen LogP contribution in [0.25, 0.3) is 0 Å². The van der Waals surface area contributed by atoms with Crippen LogP contribution < -0.4 is 24.3 Å². The lowest BCUT2D eigenvalue weighted by Gasteiger charge is -2.38. The van der Waals surface area contributed by atoms with E-state index < -0.39 is 0 Å². The van der Waals surface area contributed by atoms with Crippen LogP contribution in [0.3, 0.4) is 0 Å². The van der Waals surface area contributed by atoms with E-state index in [9.17, 15) is 4.79 Å². The molecule has 2 aromatic carbocycles. The van der Waals surface area contributed by atoms with Gasteiger partial charge in [0, 0.05) is 24.5 Å². The molecule has 1 N–H and O–H groups in total. The number of carbonyl (C=O) groups excluding carboxylic acids is 1. The number of ether oxygens (including phenoxy) is 4. The zero-order chi connectivity index (χ0) is 22.4. The lowest BCUT2D eigenvalue weighted by molar-refractivity contribution is -0.122. The van der Waals surface area contributed by atoms with Gasteiger partial charge in [0.15, 0.2) is 11.5 Å². The van der Waals surface area contributed by atoms with E-state index in [1.165, 1.54) is 0 Å². The van der Waals surface area contributed by atoms with Crippen molar-refractivity contribution in [1.82, 2.24) is 5.32 Å². The topological polar surface area (TPSA) is 66.0 Å². The normalized spacial score (nSPS) is 16.6. The molecule has 0 aromatic heterocycles. The predicted octanol–water partition coefficient (Wildman–Crippen LogP) is 4.84. The van der Waals surface area contributed by atoms with Crippen LogP contribution in [0.1, 0.15) is 57.7 Å². The van der Waals surface area contributed by atoms with Gasteiger partial charge in [0.05, 0.1) is 26.4 Å². The second kappa shape index (κ2) is 9.94. The predicted molar refractivity (Wildman–Crippen MR) is 120 cm³/mol. The minimum absolute atomic E-state index is 0.0105. The Hall–Kier alpha value is -2.89. The number of nitrogens with one attached hydrogen (secondary N) is 1. The first-order chi connectivity index (χ1) is 14.8. The van der Waals surface area contributed by atoms with Crippen molar-refractivity contribution >= 4 is 5.91 Å². The maximum atomic E-state index is 12.8. The van der Waals surface area contributed by atoms with E-state index >= 15 is 0 Å². The van der Waals surface area contributed by atoms with Gasteiger partial charge in [0.2, 0.25) is 5.91 Å². The quantitative estimate of drug-likeness (QED) is 0.620. The molecule has 6 nitrogen and oxygen atoms in total. The molecule has 0 saturated heterocycles. The van der Waals surface area contributed by atoms with Gasteiger partial charge in [-0.05, 0) is 63.9 Å². The molecule has 0 radical (unpaired) electrons. The van der Waals surface area contributed by atoms with Crippen LogP contribution >= 0.6 is 0 Å². The SMILES string of the molecule is CCOc1ccc(CCC(=O)NC2CC(C)(C)Oc3cc(OC)ccc32)cc1OCC. The minimum atomic E-state index is -0.376. The summed E-state index contributed by atoms with van der Waals surface area (Å²) in [4.78, 5) is 12.8. The molecule has 3 rings (SSSR count). The number of hydrogen-bond donors (Lipinski definition) is 1. The van der Waals surface area contributed by atoms with Gasteiger partial charge in [-0.1, -0.05) is 6.07 Å². The molecule has 1 aliphatic heterocycles. The summed E-state index contributed by atoms with van der Waals surface area (Å²) in [7, 11) is 1.63. The van der Waals surface area contributed by atoms with Crippen molar-refractivity contribution in [2.24, 2.45) is 0 Å². The van der Waals surface area contributed by atoms with E-state index in [0.717, 1.165) is 34.1 Å². The first-order valence-corrected chi connectivity index (χ1v) is 10.9. The average Bonchev–Trinajstić information content (AvgIpc) is 2.73. The van der Waals surface area contributed by atoms with Gasteiger partial charge in [-0.2, -0.15) is 0 Å². The summed E-state index contributed by atoms with van der Waals surface area (Å²) in [5, 5.41) is 3.19. The van der Waals surface area contributed by atoms with Gasteiger partial charge >= 0.3 is 0 Å². The molecule has 2 aromatic rings. The molecular formula is C25H33NO5. The number of amides is 1. The number of carbonyl (C=O) groups is 1. The third kappa shape index (κ3) is 5.84. The Morgan fingerprint density at radius 1 is 1.10 bits per heavy atom. The third-order valence-electron chi connectivity index (χ3n) is 5.26. The summed E-state index contributed by atoms with van der Waals surface area (Å²) in [6, 6.07) is 11.5. The Bertz CT molecular complexity index is 909. The molecule has 1 aliphatic rings. The lowest BCUT2D eigenvalue weighted by Crippen LogP contribution is -2.41. The molecule has 1 unspecified atom stereocenters. The number of rotatable bonds is 9. The van der Waals surface area contributed by atoms with E-state index in [0.29, 0.717) is 32.5 Å². The highest BCUT2D eigenvalue weighted by Crippen LogP contribution is 2.41. The molecule has 0 bridgehead atoms. The molecule has 6 heteroatoms. The van der Waals surface area contributed by atoms with Crippen molar-refractivity contribution in [3.05, 3.63) is 47.5 Å². The number of benzene rings is 2. The summed E-state index contributed by atoms with van der Waals surface area (Å²) in [6.45, 7) is 9.09. The highest BCUT2D eigenvalue weighted by molar-refractivity contribution is 5.77. The van der Waals surface area contributed by atoms with Crippen LogP contribution in [-0.4, -0.2) is 31.8 Å². The summed E-state index contributed by atoms with van der Waals surface area (Å²) < 4.78 is 22.7. The van der Waals surface area contributed by atoms with Gasteiger partial charge in [-0.15, -0.1) is 0 Å². The maximum absolute atomic E-state index is 12.8. The van der Waals surface area contributed by atoms with Crippen molar-refractivity contribution < 1.29 is 23.7 Å². The second-order valence-corrected chi connectivity index (χ2v) is 8.24. The van der Waals surface area contributed by atoms with E-state index in [4.69, 9.17) is 18.9 Å². The van der Waals surface area contributed by atoms with Crippen molar-refractivity contribution in [1.29, 1.82) is 0 Å². The summed E-state index contributed by atoms with van der Waals surface area (Å²) in [5.74, 6) is 2.96. The molecule has 168 valence electrons. The van der Waals surface area contributed by atoms with E-state index in [-0.39, 0.29) is 17.6 Å². The van der Waals surface area contributed by atoms with Crippen LogP contribution in [0.15, 0.2) is 36.4 Å². The second-order valence-electron chi connectivity index (χ2n) is 8.24. The Morgan fingerprint density at radius 3 is 2.55 bits per heavy atom. The summed E-state index contributed by atoms with van der Waals surface area (Å²) in [6.07, 6.45) is 1.72. The monoisotopic (exact) mass is 427 g/mol. The van der Waals surface area contributed by atoms with Crippen LogP contribution in [0.2, 0.25) is 0 Å². The molecule has 0 spiro atoms. The largest absolute Gasteiger partial charge is 0.497 e. The zero-order valence-electron chi connectivity index (χ0n) is 19.1. The van der Waals surface area contributed by atoms with Crippen molar-refractivity contribution in [3.8, 4) is 23.0 Å². The van der Waals surface area contributed by atoms with Crippen molar-refractivity contribution in [2.75, 3.05) is 20.3 Å². The average molecular weight is 428 g/mol. The Kier molecular flexibility index (Phi) is 7.31. The first-order valence-electron chi connectivity index (χ1n) is 10.9. The van der Waals surface area contributed by atoms with E-state index in [1.807, 2.05) is 64.1 Å². The number of methoxy groups -OCH3 is 1. The molecule has 0 fully saturated rings. The van der Waals surface area contributed by atoms with Crippen molar-refractivity contribution in [2.45, 2.75) is 58.6 Å². The van der Waals surface area contributed by atoms with Gasteiger partial charge < -0.3 is 24.3 Å². The molecule has 1 heterocycles. The molecule has 0 aliphatic carbocycles. The van der Waals surface area contributed by atoms with Crippen LogP contribution in [0.5, 0.6) is 23.0 Å². The summed E-state index contributed by atoms with van der Waals surface area (Å²) >= 11 is 0. The third-order valence-corrected chi connectivity index (χ3v) is 5.26. The van der Waals surface area contributed by atoms with Crippen LogP contribution in [0.4, 0.5) is 0 Å². The van der Waals surface area contributed by atoms with Crippen molar-refractivity contribution in [3.63, 3.8) is 0 Å². The fourth-order valence-electron chi connectivity index (χ4n) is 3.86. The summed E-state index contributed by atoms with van der Waals surface area (Å²) in [5.41, 5.74) is 1.64. The molecule has 1 atom stereocenters. The first kappa shape index (κ1) is 22.8. The van der Waals surface area contributed by atoms with Gasteiger partial charge in [0.25, 0.3) is 0 Å². The van der Waals surface area contributed by atoms with Gasteiger partial charge in [-0.3, -0.25) is 4.79 Å². The molecule has 31 heavy (non-hydrogen) atoms. The molecular weight excluding hydrogens is 394 g/mol. The zero-order valence-corrected chi connectivity index (χ0v) is 19.1. The highest BCUT2D eigenvalue weighted by atomic mass is 16.5. The van der Waals surface area contributed by atoms with E-state index in [1.54, 1.807) is 7.11 Å². The highest BCUT2D eigenvalue weighted by Gasteiger charge is 2.34. The van der Waals surface area contributed by atoms with Crippen LogP contribution in [0, 0.1) is 0 Å². The van der Waals surface area contributed by atoms with E-state index in [2.05, 4.69) is 5.32 Å². The molecule has 0 saturated carbocycles. The maximum Gasteiger partial charge on any atom is 0.220 e. The number of aryl methyl sites for hydroxylation is 1. The number of hydrogen-bond acceptors (Lipinski definition) is 5. The number of fused-ring (bicyclic) bond motifs is 1. The lowest BCUT2D eigenvalue weighted by atomic mass is 9.89. The Balaban J connectivity index is 1.67. The van der Waals surface area contributed by atoms with Gasteiger partial charge in [0.1, 0.15) is 17.1 Å². The van der Waals surface area contributed by atoms with Gasteiger partial charge in [-0.25, -0.2) is 0 Å². The van der Waals surface area contributed by atoms with Crippen LogP contribution in [-0.2, 0) is 11.2 Å². The molecule has 1 amide bonds.